The summed E-state index contributed by atoms with van der Waals surface area (Å²) in [7, 11) is -4.48. The van der Waals surface area contributed by atoms with E-state index in [9.17, 15) is 31.2 Å². The molecule has 0 bridgehead atoms. The molecule has 3 aromatic carbocycles. The van der Waals surface area contributed by atoms with Crippen LogP contribution in [-0.2, 0) is 32.3 Å². The van der Waals surface area contributed by atoms with E-state index in [-0.39, 0.29) is 17.1 Å². The van der Waals surface area contributed by atoms with E-state index in [0.29, 0.717) is 22.5 Å². The molecule has 7 nitrogen and oxygen atoms in total. The summed E-state index contributed by atoms with van der Waals surface area (Å²) in [6.45, 7) is 6.34. The van der Waals surface area contributed by atoms with Gasteiger partial charge in [-0.15, -0.1) is 0 Å². The summed E-state index contributed by atoms with van der Waals surface area (Å²) >= 11 is 0. The Morgan fingerprint density at radius 1 is 0.925 bits per heavy atom. The first-order valence-electron chi connectivity index (χ1n) is 12.6. The van der Waals surface area contributed by atoms with Crippen molar-refractivity contribution in [2.24, 2.45) is 0 Å². The van der Waals surface area contributed by atoms with E-state index in [0.717, 1.165) is 23.3 Å². The minimum absolute atomic E-state index is 0.0141. The second-order valence-corrected chi connectivity index (χ2v) is 11.3. The molecule has 214 valence electrons. The van der Waals surface area contributed by atoms with Crippen LogP contribution in [0.15, 0.2) is 77.7 Å². The van der Waals surface area contributed by atoms with Crippen molar-refractivity contribution in [3.8, 4) is 0 Å². The fourth-order valence-corrected chi connectivity index (χ4v) is 5.52. The zero-order chi connectivity index (χ0) is 29.7. The van der Waals surface area contributed by atoms with Crippen molar-refractivity contribution < 1.29 is 31.2 Å². The van der Waals surface area contributed by atoms with Crippen LogP contribution in [0.4, 0.5) is 18.9 Å². The fourth-order valence-electron chi connectivity index (χ4n) is 4.12. The van der Waals surface area contributed by atoms with E-state index < -0.39 is 46.2 Å². The molecule has 0 unspecified atom stereocenters. The number of nitrogens with one attached hydrogen (secondary N) is 1. The molecule has 2 amide bonds. The predicted molar refractivity (Wildman–Crippen MR) is 147 cm³/mol. The molecule has 0 spiro atoms. The Balaban J connectivity index is 2.09. The van der Waals surface area contributed by atoms with Crippen molar-refractivity contribution in [1.82, 2.24) is 10.2 Å². The van der Waals surface area contributed by atoms with Gasteiger partial charge >= 0.3 is 6.18 Å². The molecule has 0 fully saturated rings. The van der Waals surface area contributed by atoms with Crippen LogP contribution < -0.4 is 9.62 Å². The first-order valence-corrected chi connectivity index (χ1v) is 14.1. The summed E-state index contributed by atoms with van der Waals surface area (Å²) in [6, 6.07) is 15.8. The number of rotatable bonds is 10. The van der Waals surface area contributed by atoms with Gasteiger partial charge in [0.05, 0.1) is 16.1 Å². The standard InChI is InChI=1S/C29H32F3N3O4S/c1-5-33-28(37)22(4)34(18-23-9-6-8-21(3)16-23)27(36)19-35(25-11-7-10-24(17-25)29(30,31)32)40(38,39)26-14-12-20(2)13-15-26/h6-17,22H,5,18-19H2,1-4H3,(H,33,37)/t22-/m0/s1. The Morgan fingerprint density at radius 3 is 2.17 bits per heavy atom. The maximum atomic E-state index is 13.8. The summed E-state index contributed by atoms with van der Waals surface area (Å²) < 4.78 is 68.8. The molecule has 3 rings (SSSR count). The summed E-state index contributed by atoms with van der Waals surface area (Å²) in [5, 5.41) is 2.66. The van der Waals surface area contributed by atoms with Gasteiger partial charge in [0.25, 0.3) is 10.0 Å². The van der Waals surface area contributed by atoms with Crippen LogP contribution >= 0.6 is 0 Å². The molecule has 40 heavy (non-hydrogen) atoms. The maximum absolute atomic E-state index is 13.8. The predicted octanol–water partition coefficient (Wildman–Crippen LogP) is 5.07. The van der Waals surface area contributed by atoms with Crippen LogP contribution in [0.1, 0.15) is 36.1 Å². The summed E-state index contributed by atoms with van der Waals surface area (Å²) in [5.41, 5.74) is 1.01. The number of amides is 2. The second-order valence-electron chi connectivity index (χ2n) is 9.45. The van der Waals surface area contributed by atoms with E-state index >= 15 is 0 Å². The molecule has 0 aliphatic carbocycles. The molecular weight excluding hydrogens is 543 g/mol. The van der Waals surface area contributed by atoms with Gasteiger partial charge < -0.3 is 10.2 Å². The number of alkyl halides is 3. The summed E-state index contributed by atoms with van der Waals surface area (Å²) in [6.07, 6.45) is -4.73. The van der Waals surface area contributed by atoms with Crippen molar-refractivity contribution in [2.75, 3.05) is 17.4 Å². The van der Waals surface area contributed by atoms with Crippen LogP contribution in [0.5, 0.6) is 0 Å². The van der Waals surface area contributed by atoms with E-state index in [1.165, 1.54) is 30.0 Å². The third-order valence-electron chi connectivity index (χ3n) is 6.30. The largest absolute Gasteiger partial charge is 0.416 e. The molecule has 0 saturated carbocycles. The number of halogens is 3. The maximum Gasteiger partial charge on any atom is 0.416 e. The summed E-state index contributed by atoms with van der Waals surface area (Å²) in [4.78, 5) is 27.6. The quantitative estimate of drug-likeness (QED) is 0.366. The lowest BCUT2D eigenvalue weighted by Gasteiger charge is -2.32. The number of hydrogen-bond donors (Lipinski definition) is 1. The second kappa shape index (κ2) is 12.5. The Hall–Kier alpha value is -3.86. The number of aryl methyl sites for hydroxylation is 2. The number of nitrogens with zero attached hydrogens (tertiary/aromatic N) is 2. The lowest BCUT2D eigenvalue weighted by atomic mass is 10.1. The molecule has 3 aromatic rings. The number of carbonyl (C=O) groups is 2. The topological polar surface area (TPSA) is 86.8 Å². The Morgan fingerprint density at radius 2 is 1.57 bits per heavy atom. The van der Waals surface area contributed by atoms with E-state index in [1.54, 1.807) is 38.1 Å². The molecule has 1 N–H and O–H groups in total. The average molecular weight is 576 g/mol. The highest BCUT2D eigenvalue weighted by atomic mass is 32.2. The molecule has 0 saturated heterocycles. The molecule has 0 aliphatic rings. The number of sulfonamides is 1. The third-order valence-corrected chi connectivity index (χ3v) is 8.09. The number of benzene rings is 3. The number of anilines is 1. The van der Waals surface area contributed by atoms with Crippen LogP contribution in [-0.4, -0.2) is 44.3 Å². The zero-order valence-corrected chi connectivity index (χ0v) is 23.5. The van der Waals surface area contributed by atoms with E-state index in [2.05, 4.69) is 5.32 Å². The molecule has 0 aromatic heterocycles. The van der Waals surface area contributed by atoms with Gasteiger partial charge in [-0.25, -0.2) is 8.42 Å². The summed E-state index contributed by atoms with van der Waals surface area (Å²) in [5.74, 6) is -1.20. The van der Waals surface area contributed by atoms with Crippen molar-refractivity contribution in [3.05, 3.63) is 95.1 Å². The van der Waals surface area contributed by atoms with Gasteiger partial charge in [-0.05, 0) is 63.6 Å². The van der Waals surface area contributed by atoms with Gasteiger partial charge in [-0.3, -0.25) is 13.9 Å². The van der Waals surface area contributed by atoms with Crippen molar-refractivity contribution in [1.29, 1.82) is 0 Å². The minimum atomic E-state index is -4.73. The first kappa shape index (κ1) is 30.7. The van der Waals surface area contributed by atoms with Crippen LogP contribution in [0.3, 0.4) is 0 Å². The Bertz CT molecular complexity index is 1460. The van der Waals surface area contributed by atoms with Crippen molar-refractivity contribution in [3.63, 3.8) is 0 Å². The lowest BCUT2D eigenvalue weighted by molar-refractivity contribution is -0.139. The highest BCUT2D eigenvalue weighted by molar-refractivity contribution is 7.92. The van der Waals surface area contributed by atoms with Gasteiger partial charge in [0.2, 0.25) is 11.8 Å². The normalized spacial score (nSPS) is 12.5. The van der Waals surface area contributed by atoms with E-state index in [4.69, 9.17) is 0 Å². The first-order chi connectivity index (χ1) is 18.7. The highest BCUT2D eigenvalue weighted by Crippen LogP contribution is 2.33. The monoisotopic (exact) mass is 575 g/mol. The SMILES string of the molecule is CCNC(=O)[C@H](C)N(Cc1cccc(C)c1)C(=O)CN(c1cccc(C(F)(F)F)c1)S(=O)(=O)c1ccc(C)cc1. The fraction of sp³-hybridized carbons (Fsp3) is 0.310. The minimum Gasteiger partial charge on any atom is -0.355 e. The molecule has 0 heterocycles. The number of likely N-dealkylation sites (N-methyl/N-ethyl adjacent to an activating group) is 1. The third kappa shape index (κ3) is 7.41. The van der Waals surface area contributed by atoms with Crippen LogP contribution in [0.2, 0.25) is 0 Å². The smallest absolute Gasteiger partial charge is 0.355 e. The molecule has 0 radical (unpaired) electrons. The van der Waals surface area contributed by atoms with Gasteiger partial charge in [-0.2, -0.15) is 13.2 Å². The number of carbonyl (C=O) groups excluding carboxylic acids is 2. The van der Waals surface area contributed by atoms with Crippen LogP contribution in [0.25, 0.3) is 0 Å². The molecule has 0 aliphatic heterocycles. The van der Waals surface area contributed by atoms with E-state index in [1.807, 2.05) is 19.1 Å². The molecule has 11 heteroatoms. The van der Waals surface area contributed by atoms with Crippen molar-refractivity contribution in [2.45, 2.75) is 51.4 Å². The van der Waals surface area contributed by atoms with Gasteiger partial charge in [0.1, 0.15) is 12.6 Å². The van der Waals surface area contributed by atoms with Gasteiger partial charge in [0, 0.05) is 13.1 Å². The molecule has 1 atom stereocenters. The molecular formula is C29H32F3N3O4S. The number of hydrogen-bond acceptors (Lipinski definition) is 4. The Kier molecular flexibility index (Phi) is 9.62. The lowest BCUT2D eigenvalue weighted by Crippen LogP contribution is -2.51. The van der Waals surface area contributed by atoms with Crippen LogP contribution in [0, 0.1) is 13.8 Å². The van der Waals surface area contributed by atoms with Gasteiger partial charge in [-0.1, -0.05) is 53.6 Å². The Labute approximate surface area is 232 Å². The highest BCUT2D eigenvalue weighted by Gasteiger charge is 2.35. The average Bonchev–Trinajstić information content (AvgIpc) is 2.89. The van der Waals surface area contributed by atoms with Gasteiger partial charge in [0.15, 0.2) is 0 Å². The van der Waals surface area contributed by atoms with Crippen molar-refractivity contribution >= 4 is 27.5 Å². The zero-order valence-electron chi connectivity index (χ0n) is 22.7.